The van der Waals surface area contributed by atoms with Crippen molar-refractivity contribution in [3.8, 4) is 11.5 Å². The molecule has 0 heterocycles. The molecule has 116 valence electrons. The maximum absolute atomic E-state index is 5.99. The van der Waals surface area contributed by atoms with E-state index in [1.54, 1.807) is 32.4 Å². The molecule has 0 atom stereocenters. The Labute approximate surface area is 140 Å². The molecule has 2 aromatic carbocycles. The number of ether oxygens (including phenoxy) is 2. The summed E-state index contributed by atoms with van der Waals surface area (Å²) < 4.78 is 10.6. The minimum absolute atomic E-state index is 0.478. The van der Waals surface area contributed by atoms with Crippen LogP contribution in [0.2, 0.25) is 5.02 Å². The predicted octanol–water partition coefficient (Wildman–Crippen LogP) is 3.84. The van der Waals surface area contributed by atoms with Gasteiger partial charge in [-0.1, -0.05) is 29.8 Å². The number of halogens is 1. The second-order valence-electron chi connectivity index (χ2n) is 4.46. The van der Waals surface area contributed by atoms with Gasteiger partial charge in [-0.05, 0) is 36.5 Å². The van der Waals surface area contributed by atoms with Gasteiger partial charge in [0.15, 0.2) is 5.11 Å². The van der Waals surface area contributed by atoms with Gasteiger partial charge < -0.3 is 20.1 Å². The highest BCUT2D eigenvalue weighted by atomic mass is 35.5. The van der Waals surface area contributed by atoms with Crippen LogP contribution in [0.5, 0.6) is 11.5 Å². The molecule has 0 saturated heterocycles. The van der Waals surface area contributed by atoms with Crippen molar-refractivity contribution in [3.63, 3.8) is 0 Å². The molecular formula is C16H17ClN2O2S. The lowest BCUT2D eigenvalue weighted by atomic mass is 10.2. The Kier molecular flexibility index (Phi) is 5.86. The Bertz CT molecular complexity index is 664. The molecular weight excluding hydrogens is 320 g/mol. The number of para-hydroxylation sites is 1. The minimum Gasteiger partial charge on any atom is -0.496 e. The Morgan fingerprint density at radius 2 is 1.82 bits per heavy atom. The van der Waals surface area contributed by atoms with Crippen molar-refractivity contribution in [2.75, 3.05) is 19.5 Å². The summed E-state index contributed by atoms with van der Waals surface area (Å²) in [7, 11) is 3.24. The van der Waals surface area contributed by atoms with Crippen molar-refractivity contribution >= 4 is 34.6 Å². The van der Waals surface area contributed by atoms with E-state index in [9.17, 15) is 0 Å². The predicted molar refractivity (Wildman–Crippen MR) is 94.1 cm³/mol. The molecule has 0 saturated carbocycles. The summed E-state index contributed by atoms with van der Waals surface area (Å²) in [5, 5.41) is 7.30. The van der Waals surface area contributed by atoms with E-state index in [4.69, 9.17) is 33.3 Å². The number of anilines is 1. The highest BCUT2D eigenvalue weighted by Gasteiger charge is 2.07. The molecule has 0 aromatic heterocycles. The molecule has 0 radical (unpaired) electrons. The zero-order chi connectivity index (χ0) is 15.9. The van der Waals surface area contributed by atoms with Gasteiger partial charge in [0.2, 0.25) is 0 Å². The van der Waals surface area contributed by atoms with Gasteiger partial charge in [-0.3, -0.25) is 0 Å². The van der Waals surface area contributed by atoms with Crippen molar-refractivity contribution in [1.29, 1.82) is 0 Å². The Morgan fingerprint density at radius 3 is 2.55 bits per heavy atom. The third-order valence-electron chi connectivity index (χ3n) is 3.04. The van der Waals surface area contributed by atoms with Crippen molar-refractivity contribution in [3.05, 3.63) is 53.1 Å². The Hall–Kier alpha value is -1.98. The van der Waals surface area contributed by atoms with Crippen LogP contribution >= 0.6 is 23.8 Å². The SMILES string of the molecule is COc1ccccc1CNC(=S)Nc1cc(Cl)ccc1OC. The fraction of sp³-hybridized carbons (Fsp3) is 0.188. The van der Waals surface area contributed by atoms with Gasteiger partial charge in [0, 0.05) is 17.1 Å². The molecule has 0 amide bonds. The van der Waals surface area contributed by atoms with Crippen molar-refractivity contribution < 1.29 is 9.47 Å². The molecule has 0 aliphatic heterocycles. The lowest BCUT2D eigenvalue weighted by molar-refractivity contribution is 0.409. The smallest absolute Gasteiger partial charge is 0.171 e. The fourth-order valence-corrected chi connectivity index (χ4v) is 2.32. The van der Waals surface area contributed by atoms with Gasteiger partial charge in [0.05, 0.1) is 19.9 Å². The molecule has 6 heteroatoms. The van der Waals surface area contributed by atoms with Crippen LogP contribution < -0.4 is 20.1 Å². The topological polar surface area (TPSA) is 42.5 Å². The average molecular weight is 337 g/mol. The zero-order valence-electron chi connectivity index (χ0n) is 12.4. The molecule has 0 bridgehead atoms. The minimum atomic E-state index is 0.478. The summed E-state index contributed by atoms with van der Waals surface area (Å²) in [5.74, 6) is 1.49. The van der Waals surface area contributed by atoms with Crippen LogP contribution in [-0.4, -0.2) is 19.3 Å². The van der Waals surface area contributed by atoms with E-state index in [1.165, 1.54) is 0 Å². The van der Waals surface area contributed by atoms with Gasteiger partial charge >= 0.3 is 0 Å². The number of thiocarbonyl (C=S) groups is 1. The van der Waals surface area contributed by atoms with E-state index < -0.39 is 0 Å². The van der Waals surface area contributed by atoms with Gasteiger partial charge in [-0.25, -0.2) is 0 Å². The number of nitrogens with one attached hydrogen (secondary N) is 2. The monoisotopic (exact) mass is 336 g/mol. The van der Waals surface area contributed by atoms with Crippen LogP contribution in [0.4, 0.5) is 5.69 Å². The summed E-state index contributed by atoms with van der Waals surface area (Å²) >= 11 is 11.3. The van der Waals surface area contributed by atoms with Crippen LogP contribution in [-0.2, 0) is 6.54 Å². The van der Waals surface area contributed by atoms with Gasteiger partial charge in [0.1, 0.15) is 11.5 Å². The first-order chi connectivity index (χ1) is 10.6. The molecule has 0 fully saturated rings. The van der Waals surface area contributed by atoms with Gasteiger partial charge in [-0.15, -0.1) is 0 Å². The van der Waals surface area contributed by atoms with Gasteiger partial charge in [-0.2, -0.15) is 0 Å². The third-order valence-corrected chi connectivity index (χ3v) is 3.52. The molecule has 0 aliphatic rings. The van der Waals surface area contributed by atoms with Crippen LogP contribution in [0.3, 0.4) is 0 Å². The van der Waals surface area contributed by atoms with Crippen LogP contribution in [0, 0.1) is 0 Å². The van der Waals surface area contributed by atoms with E-state index in [2.05, 4.69) is 10.6 Å². The highest BCUT2D eigenvalue weighted by Crippen LogP contribution is 2.27. The van der Waals surface area contributed by atoms with Crippen LogP contribution in [0.1, 0.15) is 5.56 Å². The van der Waals surface area contributed by atoms with E-state index >= 15 is 0 Å². The maximum Gasteiger partial charge on any atom is 0.171 e. The van der Waals surface area contributed by atoms with E-state index in [0.717, 1.165) is 11.3 Å². The maximum atomic E-state index is 5.99. The zero-order valence-corrected chi connectivity index (χ0v) is 13.9. The third kappa shape index (κ3) is 4.26. The average Bonchev–Trinajstić information content (AvgIpc) is 2.53. The van der Waals surface area contributed by atoms with E-state index in [1.807, 2.05) is 24.3 Å². The quantitative estimate of drug-likeness (QED) is 0.812. The van der Waals surface area contributed by atoms with E-state index in [0.29, 0.717) is 28.1 Å². The highest BCUT2D eigenvalue weighted by molar-refractivity contribution is 7.80. The molecule has 2 N–H and O–H groups in total. The van der Waals surface area contributed by atoms with Crippen LogP contribution in [0.15, 0.2) is 42.5 Å². The van der Waals surface area contributed by atoms with Crippen molar-refractivity contribution in [1.82, 2.24) is 5.32 Å². The normalized spacial score (nSPS) is 9.95. The number of hydrogen-bond donors (Lipinski definition) is 2. The lowest BCUT2D eigenvalue weighted by Crippen LogP contribution is -2.28. The summed E-state index contributed by atoms with van der Waals surface area (Å²) in [6.07, 6.45) is 0. The van der Waals surface area contributed by atoms with Gasteiger partial charge in [0.25, 0.3) is 0 Å². The first-order valence-electron chi connectivity index (χ1n) is 6.64. The number of benzene rings is 2. The summed E-state index contributed by atoms with van der Waals surface area (Å²) in [5.41, 5.74) is 1.74. The molecule has 2 aromatic rings. The Balaban J connectivity index is 2.00. The molecule has 0 unspecified atom stereocenters. The van der Waals surface area contributed by atoms with Crippen molar-refractivity contribution in [2.45, 2.75) is 6.54 Å². The number of hydrogen-bond acceptors (Lipinski definition) is 3. The first-order valence-corrected chi connectivity index (χ1v) is 7.43. The summed E-state index contributed by atoms with van der Waals surface area (Å²) in [4.78, 5) is 0. The molecule has 0 aliphatic carbocycles. The lowest BCUT2D eigenvalue weighted by Gasteiger charge is -2.14. The number of rotatable bonds is 5. The van der Waals surface area contributed by atoms with E-state index in [-0.39, 0.29) is 0 Å². The molecule has 4 nitrogen and oxygen atoms in total. The summed E-state index contributed by atoms with van der Waals surface area (Å²) in [6.45, 7) is 0.554. The summed E-state index contributed by atoms with van der Waals surface area (Å²) in [6, 6.07) is 13.1. The van der Waals surface area contributed by atoms with Crippen molar-refractivity contribution in [2.24, 2.45) is 0 Å². The molecule has 2 rings (SSSR count). The molecule has 0 spiro atoms. The Morgan fingerprint density at radius 1 is 1.09 bits per heavy atom. The standard InChI is InChI=1S/C16H17ClN2O2S/c1-20-14-6-4-3-5-11(14)10-18-16(22)19-13-9-12(17)7-8-15(13)21-2/h3-9H,10H2,1-2H3,(H2,18,19,22). The first kappa shape index (κ1) is 16.4. The second-order valence-corrected chi connectivity index (χ2v) is 5.31. The second kappa shape index (κ2) is 7.87. The van der Waals surface area contributed by atoms with Crippen LogP contribution in [0.25, 0.3) is 0 Å². The fourth-order valence-electron chi connectivity index (χ4n) is 1.97. The largest absolute Gasteiger partial charge is 0.496 e. The molecule has 22 heavy (non-hydrogen) atoms. The number of methoxy groups -OCH3 is 2.